The van der Waals surface area contributed by atoms with Crippen molar-refractivity contribution in [2.75, 3.05) is 0 Å². The van der Waals surface area contributed by atoms with E-state index < -0.39 is 23.7 Å². The topological polar surface area (TPSA) is 31.6 Å². The van der Waals surface area contributed by atoms with Crippen molar-refractivity contribution in [1.29, 1.82) is 0 Å². The van der Waals surface area contributed by atoms with Crippen LogP contribution >= 0.6 is 0 Å². The first-order valence-electron chi connectivity index (χ1n) is 17.0. The van der Waals surface area contributed by atoms with Crippen LogP contribution in [0, 0.1) is 0 Å². The van der Waals surface area contributed by atoms with E-state index in [4.69, 9.17) is 13.7 Å². The van der Waals surface area contributed by atoms with Crippen LogP contribution in [0.3, 0.4) is 0 Å². The highest BCUT2D eigenvalue weighted by Crippen LogP contribution is 2.48. The van der Waals surface area contributed by atoms with Crippen molar-refractivity contribution < 1.29 is 13.7 Å². The molecule has 1 aromatic heterocycles. The minimum Gasteiger partial charge on any atom is -0.460 e. The van der Waals surface area contributed by atoms with Gasteiger partial charge in [-0.1, -0.05) is 109 Å². The summed E-state index contributed by atoms with van der Waals surface area (Å²) in [6, 6.07) is 37.5. The van der Waals surface area contributed by atoms with E-state index in [1.807, 2.05) is 6.07 Å². The van der Waals surface area contributed by atoms with Gasteiger partial charge in [0.2, 0.25) is 0 Å². The van der Waals surface area contributed by atoms with Crippen molar-refractivity contribution in [3.8, 4) is 0 Å². The molecule has 1 saturated heterocycles. The van der Waals surface area contributed by atoms with E-state index in [1.165, 1.54) is 33.4 Å². The Hall–Kier alpha value is -4.38. The monoisotopic (exact) mass is 616 g/mol. The lowest BCUT2D eigenvalue weighted by Gasteiger charge is -2.38. The molecular weight excluding hydrogens is 575 g/mol. The predicted molar refractivity (Wildman–Crippen MR) is 194 cm³/mol. The highest BCUT2D eigenvalue weighted by Gasteiger charge is 2.52. The first kappa shape index (κ1) is 30.0. The van der Waals surface area contributed by atoms with Crippen molar-refractivity contribution in [3.05, 3.63) is 161 Å². The van der Waals surface area contributed by atoms with E-state index in [-0.39, 0.29) is 0 Å². The third-order valence-corrected chi connectivity index (χ3v) is 10.8. The van der Waals surface area contributed by atoms with E-state index in [0.29, 0.717) is 0 Å². The third-order valence-electron chi connectivity index (χ3n) is 10.8. The molecule has 0 unspecified atom stereocenters. The molecule has 47 heavy (non-hydrogen) atoms. The van der Waals surface area contributed by atoms with Crippen molar-refractivity contribution in [2.24, 2.45) is 0 Å². The summed E-state index contributed by atoms with van der Waals surface area (Å²) < 4.78 is 19.5. The van der Waals surface area contributed by atoms with Crippen molar-refractivity contribution in [2.45, 2.75) is 70.0 Å². The zero-order valence-corrected chi connectivity index (χ0v) is 27.8. The number of furan rings is 1. The molecule has 1 fully saturated rings. The molecule has 2 aliphatic carbocycles. The average molecular weight is 617 g/mol. The molecule has 8 rings (SSSR count). The lowest BCUT2D eigenvalue weighted by Crippen LogP contribution is -2.41. The number of hydrogen-bond acceptors (Lipinski definition) is 3. The number of rotatable bonds is 6. The largest absolute Gasteiger partial charge is 0.495 e. The molecule has 3 nitrogen and oxygen atoms in total. The maximum absolute atomic E-state index is 6.53. The molecule has 0 atom stereocenters. The van der Waals surface area contributed by atoms with Gasteiger partial charge in [-0.05, 0) is 104 Å². The summed E-state index contributed by atoms with van der Waals surface area (Å²) in [5, 5.41) is 1.09. The van der Waals surface area contributed by atoms with E-state index in [9.17, 15) is 0 Å². The number of hydrogen-bond donors (Lipinski definition) is 0. The molecule has 1 aliphatic heterocycles. The molecule has 0 amide bonds. The van der Waals surface area contributed by atoms with Gasteiger partial charge in [0.15, 0.2) is 0 Å². The summed E-state index contributed by atoms with van der Waals surface area (Å²) in [5.74, 6) is 1.03. The first-order valence-corrected chi connectivity index (χ1v) is 17.0. The highest BCUT2D eigenvalue weighted by molar-refractivity contribution is 6.65. The van der Waals surface area contributed by atoms with E-state index in [1.54, 1.807) is 0 Å². The Bertz CT molecular complexity index is 1990. The van der Waals surface area contributed by atoms with Gasteiger partial charge in [-0.3, -0.25) is 0 Å². The van der Waals surface area contributed by atoms with Gasteiger partial charge >= 0.3 is 7.12 Å². The Balaban J connectivity index is 1.28. The fourth-order valence-electron chi connectivity index (χ4n) is 7.70. The van der Waals surface area contributed by atoms with Crippen LogP contribution in [0.2, 0.25) is 0 Å². The van der Waals surface area contributed by atoms with Gasteiger partial charge in [-0.2, -0.15) is 0 Å². The zero-order valence-electron chi connectivity index (χ0n) is 27.8. The molecular formula is C43H41BO3. The summed E-state index contributed by atoms with van der Waals surface area (Å²) in [5.41, 5.74) is 9.48. The van der Waals surface area contributed by atoms with Gasteiger partial charge in [0, 0.05) is 17.4 Å². The van der Waals surface area contributed by atoms with Crippen LogP contribution in [0.25, 0.3) is 22.6 Å². The van der Waals surface area contributed by atoms with Crippen molar-refractivity contribution in [3.63, 3.8) is 0 Å². The second-order valence-corrected chi connectivity index (χ2v) is 14.1. The molecule has 234 valence electrons. The molecule has 0 bridgehead atoms. The van der Waals surface area contributed by atoms with Crippen LogP contribution in [0.4, 0.5) is 0 Å². The van der Waals surface area contributed by atoms with Gasteiger partial charge < -0.3 is 13.7 Å². The standard InChI is InChI=1S/C43H41BO3/c1-41(2)42(3,4)47-44(46-41)37-24-15-25-39-40(37)36-29-31(26-27-38(36)45-39)30-16-14-23-35(28-30)43(32-17-8-5-9-18-32,33-19-10-6-11-20-33)34-21-12-7-13-22-34/h5-6,8-12,14-25,28-29H,7,13,26-27H2,1-4H3. The fraction of sp³-hybridized carbons (Fsp3) is 0.256. The van der Waals surface area contributed by atoms with Gasteiger partial charge in [0.25, 0.3) is 0 Å². The molecule has 0 N–H and O–H groups in total. The van der Waals surface area contributed by atoms with Crippen LogP contribution < -0.4 is 5.46 Å². The second kappa shape index (κ2) is 11.4. The summed E-state index contributed by atoms with van der Waals surface area (Å²) in [7, 11) is -0.457. The SMILES string of the molecule is CC1(C)OB(c2cccc3oc4c(c23)C=C(c2cccc(C(C3=CCCC=C3)(c3ccccc3)c3ccccc3)c2)CC4)OC1(C)C. The van der Waals surface area contributed by atoms with Crippen LogP contribution in [0.5, 0.6) is 0 Å². The molecule has 2 heterocycles. The number of allylic oxidation sites excluding steroid dienone is 5. The molecule has 3 aliphatic rings. The van der Waals surface area contributed by atoms with Gasteiger partial charge in [0.05, 0.1) is 16.6 Å². The van der Waals surface area contributed by atoms with Crippen LogP contribution in [0.1, 0.15) is 80.5 Å². The Morgan fingerprint density at radius 1 is 0.681 bits per heavy atom. The summed E-state index contributed by atoms with van der Waals surface area (Å²) >= 11 is 0. The molecule has 4 aromatic carbocycles. The molecule has 4 heteroatoms. The quantitative estimate of drug-likeness (QED) is 0.141. The van der Waals surface area contributed by atoms with Crippen LogP contribution in [-0.2, 0) is 21.1 Å². The maximum atomic E-state index is 6.53. The number of aryl methyl sites for hydroxylation is 1. The predicted octanol–water partition coefficient (Wildman–Crippen LogP) is 9.83. The van der Waals surface area contributed by atoms with Gasteiger partial charge in [-0.15, -0.1) is 0 Å². The fourth-order valence-corrected chi connectivity index (χ4v) is 7.70. The third kappa shape index (κ3) is 4.89. The molecule has 0 saturated carbocycles. The maximum Gasteiger partial charge on any atom is 0.495 e. The summed E-state index contributed by atoms with van der Waals surface area (Å²) in [6.07, 6.45) is 13.3. The van der Waals surface area contributed by atoms with E-state index >= 15 is 0 Å². The minimum atomic E-state index is -0.457. The molecule has 5 aromatic rings. The van der Waals surface area contributed by atoms with Gasteiger partial charge in [-0.25, -0.2) is 0 Å². The Morgan fingerprint density at radius 3 is 2.00 bits per heavy atom. The van der Waals surface area contributed by atoms with Crippen molar-refractivity contribution >= 4 is 35.2 Å². The van der Waals surface area contributed by atoms with Gasteiger partial charge in [0.1, 0.15) is 11.3 Å². The lowest BCUT2D eigenvalue weighted by molar-refractivity contribution is 0.00578. The van der Waals surface area contributed by atoms with Crippen LogP contribution in [-0.4, -0.2) is 18.3 Å². The number of benzene rings is 4. The average Bonchev–Trinajstić information content (AvgIpc) is 3.58. The minimum absolute atomic E-state index is 0.419. The Kier molecular flexibility index (Phi) is 7.27. The van der Waals surface area contributed by atoms with E-state index in [2.05, 4.69) is 149 Å². The zero-order chi connectivity index (χ0) is 32.2. The smallest absolute Gasteiger partial charge is 0.460 e. The highest BCUT2D eigenvalue weighted by atomic mass is 16.7. The van der Waals surface area contributed by atoms with Crippen LogP contribution in [0.15, 0.2) is 131 Å². The number of fused-ring (bicyclic) bond motifs is 3. The van der Waals surface area contributed by atoms with Crippen molar-refractivity contribution in [1.82, 2.24) is 0 Å². The Morgan fingerprint density at radius 2 is 1.34 bits per heavy atom. The second-order valence-electron chi connectivity index (χ2n) is 14.1. The summed E-state index contributed by atoms with van der Waals surface area (Å²) in [6.45, 7) is 8.42. The lowest BCUT2D eigenvalue weighted by atomic mass is 9.63. The first-order chi connectivity index (χ1) is 22.8. The van der Waals surface area contributed by atoms with E-state index in [0.717, 1.165) is 53.4 Å². The normalized spacial score (nSPS) is 18.6. The molecule has 0 spiro atoms. The Labute approximate surface area is 278 Å². The summed E-state index contributed by atoms with van der Waals surface area (Å²) in [4.78, 5) is 0. The molecule has 0 radical (unpaired) electrons.